The fraction of sp³-hybridized carbons (Fsp3) is 0.111. The largest absolute Gasteiger partial charge is 0.238 e. The average Bonchev–Trinajstić information content (AvgIpc) is 2.08. The van der Waals surface area contributed by atoms with Crippen LogP contribution in [0.3, 0.4) is 0 Å². The lowest BCUT2D eigenvalue weighted by atomic mass is 10.4. The summed E-state index contributed by atoms with van der Waals surface area (Å²) in [6, 6.07) is 3.76. The summed E-state index contributed by atoms with van der Waals surface area (Å²) in [5.74, 6) is 0. The fourth-order valence-corrected chi connectivity index (χ4v) is 0.856. The van der Waals surface area contributed by atoms with Crippen LogP contribution >= 0.6 is 0 Å². The Bertz CT molecular complexity index is 360. The highest BCUT2D eigenvalue weighted by Gasteiger charge is 1.89. The zero-order chi connectivity index (χ0) is 8.97. The Hall–Kier alpha value is -1.64. The molecule has 1 aromatic rings. The molecule has 0 bridgehead atoms. The molecular formula is C9H11N3. The first-order valence-electron chi connectivity index (χ1n) is 3.61. The van der Waals surface area contributed by atoms with Crippen molar-refractivity contribution < 1.29 is 0 Å². The third-order valence-corrected chi connectivity index (χ3v) is 1.37. The Morgan fingerprint density at radius 2 is 2.25 bits per heavy atom. The summed E-state index contributed by atoms with van der Waals surface area (Å²) in [6.07, 6.45) is 3.08. The van der Waals surface area contributed by atoms with E-state index in [1.165, 1.54) is 6.20 Å². The van der Waals surface area contributed by atoms with Gasteiger partial charge in [0, 0.05) is 12.4 Å². The van der Waals surface area contributed by atoms with E-state index in [1.807, 2.05) is 19.1 Å². The van der Waals surface area contributed by atoms with Crippen LogP contribution in [0.4, 0.5) is 0 Å². The van der Waals surface area contributed by atoms with Gasteiger partial charge in [-0.2, -0.15) is 5.10 Å². The van der Waals surface area contributed by atoms with Crippen molar-refractivity contribution in [3.05, 3.63) is 42.7 Å². The van der Waals surface area contributed by atoms with Gasteiger partial charge < -0.3 is 0 Å². The van der Waals surface area contributed by atoms with Crippen molar-refractivity contribution in [2.24, 2.45) is 4.99 Å². The van der Waals surface area contributed by atoms with Gasteiger partial charge in [-0.15, -0.1) is 0 Å². The van der Waals surface area contributed by atoms with Gasteiger partial charge in [0.05, 0.1) is 5.69 Å². The van der Waals surface area contributed by atoms with Crippen LogP contribution in [0.2, 0.25) is 0 Å². The Labute approximate surface area is 71.4 Å². The van der Waals surface area contributed by atoms with Crippen LogP contribution in [0.25, 0.3) is 6.20 Å². The Morgan fingerprint density at radius 1 is 1.50 bits per heavy atom. The molecule has 0 fully saturated rings. The molecule has 1 rings (SSSR count). The van der Waals surface area contributed by atoms with Gasteiger partial charge >= 0.3 is 0 Å². The van der Waals surface area contributed by atoms with Gasteiger partial charge in [-0.3, -0.25) is 0 Å². The number of aromatic nitrogens is 2. The highest BCUT2D eigenvalue weighted by molar-refractivity contribution is 5.14. The SMILES string of the molecule is C=C/N=c1/ccc(C)nn1C=C. The summed E-state index contributed by atoms with van der Waals surface area (Å²) in [4.78, 5) is 4.01. The van der Waals surface area contributed by atoms with Crippen LogP contribution in [-0.4, -0.2) is 9.78 Å². The first-order valence-corrected chi connectivity index (χ1v) is 3.61. The number of aryl methyl sites for hydroxylation is 1. The minimum Gasteiger partial charge on any atom is -0.238 e. The molecule has 1 heterocycles. The molecule has 0 aromatic carbocycles. The molecule has 3 nitrogen and oxygen atoms in total. The molecule has 0 aliphatic rings. The third-order valence-electron chi connectivity index (χ3n) is 1.37. The fourth-order valence-electron chi connectivity index (χ4n) is 0.856. The van der Waals surface area contributed by atoms with Gasteiger partial charge in [-0.05, 0) is 19.1 Å². The first-order chi connectivity index (χ1) is 5.77. The predicted molar refractivity (Wildman–Crippen MR) is 49.1 cm³/mol. The molecule has 0 spiro atoms. The summed E-state index contributed by atoms with van der Waals surface area (Å²) < 4.78 is 1.61. The highest BCUT2D eigenvalue weighted by Crippen LogP contribution is 1.85. The molecule has 1 aromatic heterocycles. The molecule has 12 heavy (non-hydrogen) atoms. The second-order valence-electron chi connectivity index (χ2n) is 2.27. The van der Waals surface area contributed by atoms with E-state index in [0.29, 0.717) is 0 Å². The van der Waals surface area contributed by atoms with Crippen molar-refractivity contribution in [1.29, 1.82) is 0 Å². The van der Waals surface area contributed by atoms with Gasteiger partial charge in [0.2, 0.25) is 0 Å². The predicted octanol–water partition coefficient (Wildman–Crippen LogP) is 1.34. The van der Waals surface area contributed by atoms with E-state index in [9.17, 15) is 0 Å². The topological polar surface area (TPSA) is 30.2 Å². The van der Waals surface area contributed by atoms with Gasteiger partial charge in [-0.1, -0.05) is 13.2 Å². The molecule has 0 aliphatic carbocycles. The summed E-state index contributed by atoms with van der Waals surface area (Å²) in [5.41, 5.74) is 1.66. The smallest absolute Gasteiger partial charge is 0.153 e. The molecule has 0 radical (unpaired) electrons. The van der Waals surface area contributed by atoms with Crippen LogP contribution in [0.5, 0.6) is 0 Å². The van der Waals surface area contributed by atoms with Crippen molar-refractivity contribution >= 4 is 6.20 Å². The maximum Gasteiger partial charge on any atom is 0.153 e. The van der Waals surface area contributed by atoms with E-state index < -0.39 is 0 Å². The second kappa shape index (κ2) is 3.67. The molecule has 0 aliphatic heterocycles. The lowest BCUT2D eigenvalue weighted by molar-refractivity contribution is 0.807. The Morgan fingerprint density at radius 3 is 2.83 bits per heavy atom. The average molecular weight is 161 g/mol. The number of nitrogens with zero attached hydrogens (tertiary/aromatic N) is 3. The van der Waals surface area contributed by atoms with E-state index in [4.69, 9.17) is 0 Å². The maximum atomic E-state index is 4.17. The lowest BCUT2D eigenvalue weighted by Crippen LogP contribution is -2.18. The van der Waals surface area contributed by atoms with E-state index in [2.05, 4.69) is 23.2 Å². The van der Waals surface area contributed by atoms with Crippen LogP contribution in [0, 0.1) is 6.92 Å². The molecular weight excluding hydrogens is 150 g/mol. The number of hydrogen-bond donors (Lipinski definition) is 0. The van der Waals surface area contributed by atoms with Gasteiger partial charge in [0.1, 0.15) is 0 Å². The van der Waals surface area contributed by atoms with E-state index in [1.54, 1.807) is 10.9 Å². The Kier molecular flexibility index (Phi) is 2.58. The highest BCUT2D eigenvalue weighted by atomic mass is 15.3. The van der Waals surface area contributed by atoms with E-state index >= 15 is 0 Å². The molecule has 0 amide bonds. The summed E-state index contributed by atoms with van der Waals surface area (Å²) in [5, 5.41) is 4.17. The molecule has 0 unspecified atom stereocenters. The summed E-state index contributed by atoms with van der Waals surface area (Å²) in [7, 11) is 0. The normalized spacial score (nSPS) is 11.2. The first kappa shape index (κ1) is 8.46. The summed E-state index contributed by atoms with van der Waals surface area (Å²) >= 11 is 0. The molecule has 0 saturated carbocycles. The minimum absolute atomic E-state index is 0.727. The molecule has 0 atom stereocenters. The van der Waals surface area contributed by atoms with Crippen LogP contribution in [0.15, 0.2) is 36.5 Å². The molecule has 3 heteroatoms. The Balaban J connectivity index is 3.39. The zero-order valence-corrected chi connectivity index (χ0v) is 7.07. The zero-order valence-electron chi connectivity index (χ0n) is 7.07. The van der Waals surface area contributed by atoms with Crippen molar-refractivity contribution in [3.63, 3.8) is 0 Å². The lowest BCUT2D eigenvalue weighted by Gasteiger charge is -1.98. The number of rotatable bonds is 2. The standard InChI is InChI=1S/C9H11N3/c1-4-10-9-7-6-8(3)11-12(9)5-2/h4-7H,1-2H2,3H3/b10-9-. The quantitative estimate of drug-likeness (QED) is 0.643. The molecule has 0 saturated heterocycles. The van der Waals surface area contributed by atoms with Crippen LogP contribution in [-0.2, 0) is 0 Å². The minimum atomic E-state index is 0.727. The summed E-state index contributed by atoms with van der Waals surface area (Å²) in [6.45, 7) is 9.05. The van der Waals surface area contributed by atoms with Crippen LogP contribution in [0.1, 0.15) is 5.69 Å². The van der Waals surface area contributed by atoms with Crippen molar-refractivity contribution in [1.82, 2.24) is 9.78 Å². The number of hydrogen-bond acceptors (Lipinski definition) is 2. The van der Waals surface area contributed by atoms with E-state index in [0.717, 1.165) is 11.2 Å². The van der Waals surface area contributed by atoms with Crippen molar-refractivity contribution in [2.75, 3.05) is 0 Å². The van der Waals surface area contributed by atoms with E-state index in [-0.39, 0.29) is 0 Å². The van der Waals surface area contributed by atoms with Crippen LogP contribution < -0.4 is 5.49 Å². The van der Waals surface area contributed by atoms with Crippen molar-refractivity contribution in [2.45, 2.75) is 6.92 Å². The van der Waals surface area contributed by atoms with Crippen molar-refractivity contribution in [3.8, 4) is 0 Å². The third kappa shape index (κ3) is 1.69. The van der Waals surface area contributed by atoms with Gasteiger partial charge in [0.25, 0.3) is 0 Å². The van der Waals surface area contributed by atoms with Gasteiger partial charge in [0.15, 0.2) is 5.49 Å². The second-order valence-corrected chi connectivity index (χ2v) is 2.27. The molecule has 62 valence electrons. The molecule has 0 N–H and O–H groups in total. The monoisotopic (exact) mass is 161 g/mol. The maximum absolute atomic E-state index is 4.17. The van der Waals surface area contributed by atoms with Gasteiger partial charge in [-0.25, -0.2) is 9.67 Å².